The lowest BCUT2D eigenvalue weighted by molar-refractivity contribution is -0.0218. The third-order valence-electron chi connectivity index (χ3n) is 10.2. The number of anilines is 1. The van der Waals surface area contributed by atoms with Crippen LogP contribution in [-0.2, 0) is 33.2 Å². The minimum absolute atomic E-state index is 0.0377. The number of aryl methyl sites for hydroxylation is 2. The summed E-state index contributed by atoms with van der Waals surface area (Å²) in [6.07, 6.45) is 2.40. The van der Waals surface area contributed by atoms with Crippen molar-refractivity contribution in [3.63, 3.8) is 0 Å². The van der Waals surface area contributed by atoms with Crippen molar-refractivity contribution in [3.05, 3.63) is 89.2 Å². The van der Waals surface area contributed by atoms with Crippen molar-refractivity contribution >= 4 is 15.7 Å². The van der Waals surface area contributed by atoms with Crippen LogP contribution in [0, 0.1) is 6.92 Å². The van der Waals surface area contributed by atoms with Crippen LogP contribution in [0.2, 0.25) is 0 Å². The van der Waals surface area contributed by atoms with Gasteiger partial charge in [-0.05, 0) is 90.6 Å². The normalized spacial score (nSPS) is 20.1. The molecule has 1 aromatic heterocycles. The van der Waals surface area contributed by atoms with E-state index in [0.29, 0.717) is 32.7 Å². The van der Waals surface area contributed by atoms with Gasteiger partial charge in [-0.2, -0.15) is 4.31 Å². The summed E-state index contributed by atoms with van der Waals surface area (Å²) >= 11 is 0. The first kappa shape index (κ1) is 36.7. The zero-order valence-corrected chi connectivity index (χ0v) is 31.1. The second-order valence-electron chi connectivity index (χ2n) is 13.5. The highest BCUT2D eigenvalue weighted by molar-refractivity contribution is 7.89. The first-order chi connectivity index (χ1) is 24.7. The summed E-state index contributed by atoms with van der Waals surface area (Å²) in [6.45, 7) is 7.57. The molecule has 0 radical (unpaired) electrons. The molecule has 0 bridgehead atoms. The van der Waals surface area contributed by atoms with E-state index in [1.807, 2.05) is 50.4 Å². The number of hydrogen-bond donors (Lipinski definition) is 0. The summed E-state index contributed by atoms with van der Waals surface area (Å²) in [5.41, 5.74) is 4.12. The molecule has 2 aliphatic heterocycles. The first-order valence-electron chi connectivity index (χ1n) is 17.8. The Morgan fingerprint density at radius 3 is 2.51 bits per heavy atom. The van der Waals surface area contributed by atoms with Gasteiger partial charge in [-0.1, -0.05) is 42.8 Å². The fourth-order valence-electron chi connectivity index (χ4n) is 7.35. The van der Waals surface area contributed by atoms with E-state index in [9.17, 15) is 8.42 Å². The molecule has 12 nitrogen and oxygen atoms in total. The number of benzene rings is 3. The standard InChI is InChI=1S/C38H50N6O6S/c1-6-29(38-39-40-41-42(38)3)23-31-24-34(30-11-13-32(48-5)14-12-30)37(25-44(31)51(45,46)33-15-8-27(2)9-16-33)50-26-28-10-17-36-35(22-28)43(19-21-49-36)18-7-20-47-4/h8-17,22,29,31,34,37H,6-7,18-21,23-26H2,1-5H3/t29-,31+,34-,37+/m1/s1. The van der Waals surface area contributed by atoms with Crippen molar-refractivity contribution in [1.82, 2.24) is 24.5 Å². The Kier molecular flexibility index (Phi) is 11.9. The topological polar surface area (TPSA) is 121 Å². The number of sulfonamides is 1. The number of tetrazole rings is 1. The number of piperidine rings is 1. The lowest BCUT2D eigenvalue weighted by atomic mass is 9.81. The monoisotopic (exact) mass is 718 g/mol. The molecule has 3 heterocycles. The van der Waals surface area contributed by atoms with Crippen LogP contribution in [0.3, 0.4) is 0 Å². The highest BCUT2D eigenvalue weighted by Crippen LogP contribution is 2.41. The van der Waals surface area contributed by atoms with Gasteiger partial charge >= 0.3 is 0 Å². The Morgan fingerprint density at radius 1 is 1.04 bits per heavy atom. The van der Waals surface area contributed by atoms with Crippen molar-refractivity contribution < 1.29 is 27.4 Å². The number of nitrogens with zero attached hydrogens (tertiary/aromatic N) is 6. The molecule has 1 fully saturated rings. The van der Waals surface area contributed by atoms with Gasteiger partial charge in [-0.3, -0.25) is 0 Å². The number of hydrogen-bond acceptors (Lipinski definition) is 10. The summed E-state index contributed by atoms with van der Waals surface area (Å²) in [5, 5.41) is 12.3. The van der Waals surface area contributed by atoms with Gasteiger partial charge in [0.15, 0.2) is 5.82 Å². The number of aromatic nitrogens is 4. The average molecular weight is 719 g/mol. The molecule has 3 aromatic carbocycles. The molecule has 0 saturated carbocycles. The Morgan fingerprint density at radius 2 is 1.82 bits per heavy atom. The molecular weight excluding hydrogens is 669 g/mol. The lowest BCUT2D eigenvalue weighted by Crippen LogP contribution is -2.52. The minimum atomic E-state index is -3.88. The molecule has 13 heteroatoms. The molecule has 6 rings (SSSR count). The number of ether oxygens (including phenoxy) is 4. The average Bonchev–Trinajstić information content (AvgIpc) is 3.58. The summed E-state index contributed by atoms with van der Waals surface area (Å²) in [4.78, 5) is 2.61. The smallest absolute Gasteiger partial charge is 0.243 e. The quantitative estimate of drug-likeness (QED) is 0.146. The predicted molar refractivity (Wildman–Crippen MR) is 195 cm³/mol. The molecule has 2 aliphatic rings. The van der Waals surface area contributed by atoms with Crippen LogP contribution in [0.5, 0.6) is 11.5 Å². The van der Waals surface area contributed by atoms with Crippen molar-refractivity contribution in [2.45, 2.75) is 75.0 Å². The summed E-state index contributed by atoms with van der Waals surface area (Å²) in [7, 11) is 1.32. The van der Waals surface area contributed by atoms with E-state index < -0.39 is 16.1 Å². The van der Waals surface area contributed by atoms with E-state index in [0.717, 1.165) is 65.6 Å². The van der Waals surface area contributed by atoms with E-state index >= 15 is 0 Å². The lowest BCUT2D eigenvalue weighted by Gasteiger charge is -2.44. The van der Waals surface area contributed by atoms with E-state index in [4.69, 9.17) is 18.9 Å². The molecule has 0 spiro atoms. The number of rotatable bonds is 15. The van der Waals surface area contributed by atoms with E-state index in [-0.39, 0.29) is 29.3 Å². The van der Waals surface area contributed by atoms with Crippen LogP contribution < -0.4 is 14.4 Å². The van der Waals surface area contributed by atoms with Crippen LogP contribution in [0.1, 0.15) is 67.0 Å². The second kappa shape index (κ2) is 16.5. The zero-order chi connectivity index (χ0) is 36.0. The Balaban J connectivity index is 1.33. The third-order valence-corrected chi connectivity index (χ3v) is 12.1. The highest BCUT2D eigenvalue weighted by atomic mass is 32.2. The molecule has 0 N–H and O–H groups in total. The van der Waals surface area contributed by atoms with Crippen LogP contribution in [-0.4, -0.2) is 92.1 Å². The Hall–Kier alpha value is -4.04. The van der Waals surface area contributed by atoms with Crippen LogP contribution in [0.25, 0.3) is 0 Å². The molecular formula is C38H50N6O6S. The number of fused-ring (bicyclic) bond motifs is 1. The Bertz CT molecular complexity index is 1830. The number of methoxy groups -OCH3 is 2. The summed E-state index contributed by atoms with van der Waals surface area (Å²) < 4.78 is 56.0. The SMILES string of the molecule is CC[C@H](C[C@H]1C[C@H](c2ccc(OC)cc2)[C@@H](OCc2ccc3c(c2)N(CCCOC)CCO3)CN1S(=O)(=O)c1ccc(C)cc1)c1nnnn1C. The molecule has 51 heavy (non-hydrogen) atoms. The van der Waals surface area contributed by atoms with Gasteiger partial charge in [0.25, 0.3) is 0 Å². The van der Waals surface area contributed by atoms with Gasteiger partial charge in [0.2, 0.25) is 10.0 Å². The highest BCUT2D eigenvalue weighted by Gasteiger charge is 2.44. The van der Waals surface area contributed by atoms with Gasteiger partial charge in [0.05, 0.1) is 36.9 Å². The predicted octanol–water partition coefficient (Wildman–Crippen LogP) is 5.48. The fraction of sp³-hybridized carbons (Fsp3) is 0.500. The van der Waals surface area contributed by atoms with Crippen LogP contribution >= 0.6 is 0 Å². The van der Waals surface area contributed by atoms with Crippen LogP contribution in [0.15, 0.2) is 71.6 Å². The Labute approximate surface area is 301 Å². The van der Waals surface area contributed by atoms with Crippen molar-refractivity contribution in [2.75, 3.05) is 52.0 Å². The zero-order valence-electron chi connectivity index (χ0n) is 30.3. The maximum absolute atomic E-state index is 14.6. The first-order valence-corrected chi connectivity index (χ1v) is 19.2. The van der Waals surface area contributed by atoms with E-state index in [1.54, 1.807) is 35.3 Å². The van der Waals surface area contributed by atoms with Gasteiger partial charge < -0.3 is 23.8 Å². The minimum Gasteiger partial charge on any atom is -0.497 e. The van der Waals surface area contributed by atoms with Gasteiger partial charge in [-0.25, -0.2) is 13.1 Å². The van der Waals surface area contributed by atoms with E-state index in [1.165, 1.54) is 0 Å². The molecule has 0 unspecified atom stereocenters. The summed E-state index contributed by atoms with van der Waals surface area (Å²) in [6, 6.07) is 21.0. The fourth-order valence-corrected chi connectivity index (χ4v) is 9.01. The van der Waals surface area contributed by atoms with Gasteiger partial charge in [-0.15, -0.1) is 5.10 Å². The van der Waals surface area contributed by atoms with Gasteiger partial charge in [0, 0.05) is 51.7 Å². The second-order valence-corrected chi connectivity index (χ2v) is 15.4. The largest absolute Gasteiger partial charge is 0.497 e. The third kappa shape index (κ3) is 8.38. The molecule has 274 valence electrons. The molecule has 4 atom stereocenters. The van der Waals surface area contributed by atoms with Gasteiger partial charge in [0.1, 0.15) is 18.1 Å². The molecule has 4 aromatic rings. The maximum atomic E-state index is 14.6. The molecule has 0 aliphatic carbocycles. The maximum Gasteiger partial charge on any atom is 0.243 e. The molecule has 0 amide bonds. The summed E-state index contributed by atoms with van der Waals surface area (Å²) in [5.74, 6) is 2.26. The van der Waals surface area contributed by atoms with Crippen molar-refractivity contribution in [2.24, 2.45) is 7.05 Å². The molecule has 1 saturated heterocycles. The van der Waals surface area contributed by atoms with Crippen molar-refractivity contribution in [1.29, 1.82) is 0 Å². The van der Waals surface area contributed by atoms with Crippen molar-refractivity contribution in [3.8, 4) is 11.5 Å². The van der Waals surface area contributed by atoms with Crippen LogP contribution in [0.4, 0.5) is 5.69 Å². The van der Waals surface area contributed by atoms with E-state index in [2.05, 4.69) is 45.5 Å².